The smallest absolute Gasteiger partial charge is 0.308 e. The van der Waals surface area contributed by atoms with Crippen LogP contribution in [0.4, 0.5) is 0 Å². The zero-order valence-corrected chi connectivity index (χ0v) is 26.3. The third kappa shape index (κ3) is 4.28. The Morgan fingerprint density at radius 2 is 1.52 bits per heavy atom. The zero-order valence-electron chi connectivity index (χ0n) is 26.3. The number of Topliss-reactive ketones (excluding diaryl/α,β-unsaturated/α-hetero) is 5. The molecule has 2 fully saturated rings. The number of carbonyl (C=O) groups is 7. The molecular formula is C33H44O9. The maximum absolute atomic E-state index is 14.6. The van der Waals surface area contributed by atoms with Crippen LogP contribution in [-0.2, 0) is 43.0 Å². The molecule has 4 aliphatic carbocycles. The van der Waals surface area contributed by atoms with E-state index in [4.69, 9.17) is 9.47 Å². The van der Waals surface area contributed by atoms with E-state index in [1.54, 1.807) is 20.8 Å². The Bertz CT molecular complexity index is 1320. The van der Waals surface area contributed by atoms with Crippen molar-refractivity contribution < 1.29 is 43.0 Å². The molecule has 0 heterocycles. The average molecular weight is 585 g/mol. The first kappa shape index (κ1) is 32.0. The molecule has 0 bridgehead atoms. The fraction of sp³-hybridized carbons (Fsp3) is 0.727. The van der Waals surface area contributed by atoms with E-state index in [1.165, 1.54) is 14.0 Å². The second-order valence-electron chi connectivity index (χ2n) is 14.3. The molecule has 0 N–H and O–H groups in total. The van der Waals surface area contributed by atoms with Crippen molar-refractivity contribution in [3.8, 4) is 0 Å². The quantitative estimate of drug-likeness (QED) is 0.403. The van der Waals surface area contributed by atoms with Crippen LogP contribution in [0.1, 0.15) is 93.9 Å². The molecule has 2 saturated carbocycles. The largest absolute Gasteiger partial charge is 0.469 e. The van der Waals surface area contributed by atoms with Gasteiger partial charge in [0.2, 0.25) is 5.78 Å². The molecule has 230 valence electrons. The minimum absolute atomic E-state index is 0.00717. The number of ketones is 5. The van der Waals surface area contributed by atoms with E-state index in [2.05, 4.69) is 0 Å². The van der Waals surface area contributed by atoms with E-state index in [0.717, 1.165) is 0 Å². The Morgan fingerprint density at radius 3 is 2.10 bits per heavy atom. The Balaban J connectivity index is 1.86. The normalized spacial score (nSPS) is 36.9. The van der Waals surface area contributed by atoms with Gasteiger partial charge in [-0.3, -0.25) is 33.6 Å². The summed E-state index contributed by atoms with van der Waals surface area (Å²) >= 11 is 0. The molecule has 4 aliphatic rings. The van der Waals surface area contributed by atoms with Gasteiger partial charge in [-0.2, -0.15) is 0 Å². The fourth-order valence-corrected chi connectivity index (χ4v) is 9.19. The van der Waals surface area contributed by atoms with Gasteiger partial charge >= 0.3 is 11.9 Å². The summed E-state index contributed by atoms with van der Waals surface area (Å²) < 4.78 is 10.6. The van der Waals surface area contributed by atoms with Crippen molar-refractivity contribution in [2.45, 2.75) is 100 Å². The summed E-state index contributed by atoms with van der Waals surface area (Å²) in [5.41, 5.74) is -4.00. The Hall–Kier alpha value is -2.97. The number of hydrogen-bond donors (Lipinski definition) is 0. The molecule has 0 radical (unpaired) electrons. The van der Waals surface area contributed by atoms with Crippen molar-refractivity contribution in [1.29, 1.82) is 0 Å². The molecule has 0 aromatic carbocycles. The van der Waals surface area contributed by atoms with Gasteiger partial charge in [-0.15, -0.1) is 0 Å². The first-order chi connectivity index (χ1) is 19.3. The SMILES string of the molecule is COC(=O)C(C)CC(=O)C[C@@H](C)[C@H]1CC(=O)[C@@]2(C)C3=C(C(=O)[C@@H](OC(C)=O)[C@]12C)[C@@]1(C)CCC(=O)C(C)(C)C1CC3=O. The monoisotopic (exact) mass is 584 g/mol. The highest BCUT2D eigenvalue weighted by Crippen LogP contribution is 2.70. The van der Waals surface area contributed by atoms with Crippen LogP contribution < -0.4 is 0 Å². The lowest BCUT2D eigenvalue weighted by atomic mass is 9.42. The van der Waals surface area contributed by atoms with Crippen molar-refractivity contribution in [3.05, 3.63) is 11.1 Å². The van der Waals surface area contributed by atoms with Crippen LogP contribution in [0, 0.1) is 45.3 Å². The lowest BCUT2D eigenvalue weighted by molar-refractivity contribution is -0.175. The van der Waals surface area contributed by atoms with Gasteiger partial charge in [0.15, 0.2) is 11.9 Å². The van der Waals surface area contributed by atoms with E-state index in [9.17, 15) is 33.6 Å². The van der Waals surface area contributed by atoms with E-state index < -0.39 is 69.2 Å². The molecule has 0 spiro atoms. The van der Waals surface area contributed by atoms with Crippen LogP contribution in [0.3, 0.4) is 0 Å². The number of fused-ring (bicyclic) bond motifs is 4. The fourth-order valence-electron chi connectivity index (χ4n) is 9.19. The molecule has 9 heteroatoms. The molecule has 0 aliphatic heterocycles. The molecule has 2 unspecified atom stereocenters. The van der Waals surface area contributed by atoms with Crippen LogP contribution in [0.5, 0.6) is 0 Å². The Labute approximate surface area is 247 Å². The molecule has 0 saturated heterocycles. The van der Waals surface area contributed by atoms with Crippen molar-refractivity contribution in [2.75, 3.05) is 7.11 Å². The lowest BCUT2D eigenvalue weighted by Gasteiger charge is -2.59. The van der Waals surface area contributed by atoms with Crippen molar-refractivity contribution in [2.24, 2.45) is 45.3 Å². The number of rotatable bonds is 7. The van der Waals surface area contributed by atoms with Crippen molar-refractivity contribution >= 4 is 40.9 Å². The summed E-state index contributed by atoms with van der Waals surface area (Å²) in [5.74, 6) is -4.39. The van der Waals surface area contributed by atoms with Crippen LogP contribution in [-0.4, -0.2) is 54.1 Å². The van der Waals surface area contributed by atoms with E-state index in [1.807, 2.05) is 27.7 Å². The summed E-state index contributed by atoms with van der Waals surface area (Å²) in [6.45, 7) is 13.6. The van der Waals surface area contributed by atoms with Gasteiger partial charge in [0.25, 0.3) is 0 Å². The van der Waals surface area contributed by atoms with E-state index in [0.29, 0.717) is 6.42 Å². The summed E-state index contributed by atoms with van der Waals surface area (Å²) in [6, 6.07) is 0. The first-order valence-electron chi connectivity index (χ1n) is 15.0. The van der Waals surface area contributed by atoms with E-state index >= 15 is 0 Å². The minimum atomic E-state index is -1.44. The molecule has 8 atom stereocenters. The highest BCUT2D eigenvalue weighted by Gasteiger charge is 2.74. The average Bonchev–Trinajstić information content (AvgIpc) is 3.11. The lowest BCUT2D eigenvalue weighted by Crippen LogP contribution is -2.64. The zero-order chi connectivity index (χ0) is 31.7. The van der Waals surface area contributed by atoms with Crippen molar-refractivity contribution in [1.82, 2.24) is 0 Å². The number of carbonyl (C=O) groups excluding carboxylic acids is 7. The third-order valence-electron chi connectivity index (χ3n) is 11.7. The van der Waals surface area contributed by atoms with Gasteiger partial charge in [0, 0.05) is 66.4 Å². The number of hydrogen-bond acceptors (Lipinski definition) is 9. The topological polar surface area (TPSA) is 138 Å². The summed E-state index contributed by atoms with van der Waals surface area (Å²) in [7, 11) is 1.26. The number of allylic oxidation sites excluding steroid dienone is 1. The highest BCUT2D eigenvalue weighted by atomic mass is 16.5. The summed E-state index contributed by atoms with van der Waals surface area (Å²) in [4.78, 5) is 93.3. The van der Waals surface area contributed by atoms with Gasteiger partial charge in [-0.05, 0) is 31.1 Å². The molecule has 0 amide bonds. The maximum Gasteiger partial charge on any atom is 0.308 e. The van der Waals surface area contributed by atoms with Gasteiger partial charge in [0.05, 0.1) is 18.4 Å². The number of methoxy groups -OCH3 is 1. The molecule has 9 nitrogen and oxygen atoms in total. The highest BCUT2D eigenvalue weighted by molar-refractivity contribution is 6.18. The first-order valence-corrected chi connectivity index (χ1v) is 15.0. The standard InChI is InChI=1S/C33H44O9/c1-16(12-19(35)13-17(2)29(40)41-9)20-14-24(38)33(8)25-21(36)15-22-30(4,5)23(37)10-11-31(22,6)26(25)27(39)28(32(20,33)7)42-18(3)34/h16-17,20,22,28H,10-15H2,1-9H3/t16-,17?,20-,22?,28-,31+,32+,33+/m1/s1. The van der Waals surface area contributed by atoms with Crippen molar-refractivity contribution in [3.63, 3.8) is 0 Å². The second kappa shape index (κ2) is 10.3. The molecule has 0 aromatic rings. The Kier molecular flexibility index (Phi) is 7.86. The second-order valence-corrected chi connectivity index (χ2v) is 14.3. The van der Waals surface area contributed by atoms with Crippen LogP contribution in [0.25, 0.3) is 0 Å². The number of ether oxygens (including phenoxy) is 2. The summed E-state index contributed by atoms with van der Waals surface area (Å²) in [5, 5.41) is 0. The molecule has 0 aromatic heterocycles. The predicted molar refractivity (Wildman–Crippen MR) is 151 cm³/mol. The van der Waals surface area contributed by atoms with Gasteiger partial charge in [-0.1, -0.05) is 41.5 Å². The van der Waals surface area contributed by atoms with E-state index in [-0.39, 0.29) is 66.4 Å². The minimum Gasteiger partial charge on any atom is -0.469 e. The van der Waals surface area contributed by atoms with Gasteiger partial charge in [0.1, 0.15) is 17.3 Å². The van der Waals surface area contributed by atoms with Gasteiger partial charge < -0.3 is 9.47 Å². The Morgan fingerprint density at radius 1 is 0.905 bits per heavy atom. The molecular weight excluding hydrogens is 540 g/mol. The predicted octanol–water partition coefficient (Wildman–Crippen LogP) is 4.18. The summed E-state index contributed by atoms with van der Waals surface area (Å²) in [6.07, 6.45) is -0.675. The van der Waals surface area contributed by atoms with Crippen LogP contribution in [0.2, 0.25) is 0 Å². The molecule has 42 heavy (non-hydrogen) atoms. The third-order valence-corrected chi connectivity index (χ3v) is 11.7. The van der Waals surface area contributed by atoms with Gasteiger partial charge in [-0.25, -0.2) is 0 Å². The van der Waals surface area contributed by atoms with Crippen LogP contribution >= 0.6 is 0 Å². The molecule has 4 rings (SSSR count). The number of esters is 2. The maximum atomic E-state index is 14.6. The van der Waals surface area contributed by atoms with Crippen LogP contribution in [0.15, 0.2) is 11.1 Å².